The molecule has 0 aliphatic carbocycles. The molecular weight excluding hydrogens is 312 g/mol. The van der Waals surface area contributed by atoms with Crippen LogP contribution in [-0.4, -0.2) is 38.0 Å². The Labute approximate surface area is 140 Å². The van der Waals surface area contributed by atoms with Gasteiger partial charge in [-0.3, -0.25) is 4.79 Å². The number of rotatable bonds is 9. The van der Waals surface area contributed by atoms with E-state index in [2.05, 4.69) is 19.2 Å². The van der Waals surface area contributed by atoms with Crippen LogP contribution in [0.5, 0.6) is 0 Å². The molecule has 0 atom stereocenters. The zero-order valence-electron chi connectivity index (χ0n) is 14.5. The largest absolute Gasteiger partial charge is 0.356 e. The highest BCUT2D eigenvalue weighted by atomic mass is 32.2. The van der Waals surface area contributed by atoms with Gasteiger partial charge in [-0.25, -0.2) is 8.42 Å². The van der Waals surface area contributed by atoms with Crippen LogP contribution in [0.1, 0.15) is 37.8 Å². The summed E-state index contributed by atoms with van der Waals surface area (Å²) in [7, 11) is -3.35. The van der Waals surface area contributed by atoms with E-state index < -0.39 is 10.0 Å². The molecule has 130 valence electrons. The van der Waals surface area contributed by atoms with Crippen molar-refractivity contribution in [2.24, 2.45) is 5.92 Å². The van der Waals surface area contributed by atoms with Crippen LogP contribution >= 0.6 is 0 Å². The first-order chi connectivity index (χ1) is 10.7. The van der Waals surface area contributed by atoms with Gasteiger partial charge in [0.15, 0.2) is 0 Å². The first kappa shape index (κ1) is 19.6. The molecule has 1 amide bonds. The zero-order valence-corrected chi connectivity index (χ0v) is 15.3. The minimum atomic E-state index is -3.35. The van der Waals surface area contributed by atoms with Crippen molar-refractivity contribution in [1.82, 2.24) is 9.62 Å². The third-order valence-corrected chi connectivity index (χ3v) is 4.79. The summed E-state index contributed by atoms with van der Waals surface area (Å²) in [5.74, 6) is 0.424. The molecule has 0 radical (unpaired) electrons. The molecular formula is C17H28N2O3S. The summed E-state index contributed by atoms with van der Waals surface area (Å²) >= 11 is 0. The zero-order chi connectivity index (χ0) is 17.5. The lowest BCUT2D eigenvalue weighted by Crippen LogP contribution is -2.34. The highest BCUT2D eigenvalue weighted by Gasteiger charge is 2.18. The van der Waals surface area contributed by atoms with Crippen molar-refractivity contribution in [1.29, 1.82) is 0 Å². The predicted molar refractivity (Wildman–Crippen MR) is 93.5 cm³/mol. The summed E-state index contributed by atoms with van der Waals surface area (Å²) in [5.41, 5.74) is 2.01. The van der Waals surface area contributed by atoms with Gasteiger partial charge < -0.3 is 5.32 Å². The number of sulfonamides is 1. The molecule has 0 bridgehead atoms. The Morgan fingerprint density at radius 2 is 2.00 bits per heavy atom. The predicted octanol–water partition coefficient (Wildman–Crippen LogP) is 2.31. The van der Waals surface area contributed by atoms with Crippen LogP contribution in [0, 0.1) is 12.8 Å². The minimum Gasteiger partial charge on any atom is -0.356 e. The van der Waals surface area contributed by atoms with Gasteiger partial charge in [0.1, 0.15) is 0 Å². The van der Waals surface area contributed by atoms with Crippen LogP contribution < -0.4 is 5.32 Å². The minimum absolute atomic E-state index is 0.108. The molecule has 23 heavy (non-hydrogen) atoms. The fraction of sp³-hybridized carbons (Fsp3) is 0.588. The number of hydrogen-bond acceptors (Lipinski definition) is 3. The standard InChI is InChI=1S/C17H28N2O3S/c1-14(2)8-10-18-17(20)9-11-19(23(4,21)22)13-16-7-5-6-15(3)12-16/h5-7,12,14H,8-11,13H2,1-4H3,(H,18,20). The topological polar surface area (TPSA) is 66.5 Å². The molecule has 0 heterocycles. The van der Waals surface area contributed by atoms with E-state index >= 15 is 0 Å². The van der Waals surface area contributed by atoms with Gasteiger partial charge in [-0.2, -0.15) is 4.31 Å². The second-order valence-corrected chi connectivity index (χ2v) is 8.35. The van der Waals surface area contributed by atoms with Crippen LogP contribution in [0.2, 0.25) is 0 Å². The molecule has 1 N–H and O–H groups in total. The summed E-state index contributed by atoms with van der Waals surface area (Å²) in [6.07, 6.45) is 2.28. The number of nitrogens with zero attached hydrogens (tertiary/aromatic N) is 1. The molecule has 0 aromatic heterocycles. The summed E-state index contributed by atoms with van der Waals surface area (Å²) < 4.78 is 25.2. The molecule has 0 aliphatic rings. The molecule has 0 saturated carbocycles. The molecule has 0 fully saturated rings. The van der Waals surface area contributed by atoms with Crippen molar-refractivity contribution in [3.63, 3.8) is 0 Å². The normalized spacial score (nSPS) is 11.9. The Morgan fingerprint density at radius 1 is 1.30 bits per heavy atom. The van der Waals surface area contributed by atoms with Gasteiger partial charge >= 0.3 is 0 Å². The lowest BCUT2D eigenvalue weighted by Gasteiger charge is -2.20. The Balaban J connectivity index is 2.58. The van der Waals surface area contributed by atoms with Crippen molar-refractivity contribution in [3.05, 3.63) is 35.4 Å². The van der Waals surface area contributed by atoms with Crippen LogP contribution in [0.25, 0.3) is 0 Å². The van der Waals surface area contributed by atoms with Gasteiger partial charge in [0.05, 0.1) is 6.26 Å². The van der Waals surface area contributed by atoms with Crippen molar-refractivity contribution in [2.45, 2.75) is 40.2 Å². The van der Waals surface area contributed by atoms with E-state index in [9.17, 15) is 13.2 Å². The van der Waals surface area contributed by atoms with Gasteiger partial charge in [0.2, 0.25) is 15.9 Å². The van der Waals surface area contributed by atoms with Gasteiger partial charge in [-0.15, -0.1) is 0 Å². The molecule has 0 unspecified atom stereocenters. The van der Waals surface area contributed by atoms with E-state index in [4.69, 9.17) is 0 Å². The van der Waals surface area contributed by atoms with Crippen molar-refractivity contribution in [3.8, 4) is 0 Å². The van der Waals surface area contributed by atoms with Gasteiger partial charge in [-0.05, 0) is 24.8 Å². The SMILES string of the molecule is Cc1cccc(CN(CCC(=O)NCCC(C)C)S(C)(=O)=O)c1. The fourth-order valence-electron chi connectivity index (χ4n) is 2.19. The maximum Gasteiger partial charge on any atom is 0.221 e. The molecule has 0 saturated heterocycles. The molecule has 1 aromatic carbocycles. The van der Waals surface area contributed by atoms with E-state index in [1.807, 2.05) is 31.2 Å². The van der Waals surface area contributed by atoms with E-state index in [-0.39, 0.29) is 18.9 Å². The lowest BCUT2D eigenvalue weighted by molar-refractivity contribution is -0.121. The molecule has 5 nitrogen and oxygen atoms in total. The second-order valence-electron chi connectivity index (χ2n) is 6.37. The van der Waals surface area contributed by atoms with Crippen LogP contribution in [-0.2, 0) is 21.4 Å². The summed E-state index contributed by atoms with van der Waals surface area (Å²) in [6.45, 7) is 7.28. The first-order valence-corrected chi connectivity index (χ1v) is 9.80. The quantitative estimate of drug-likeness (QED) is 0.750. The molecule has 0 spiro atoms. The Morgan fingerprint density at radius 3 is 2.57 bits per heavy atom. The average molecular weight is 340 g/mol. The molecule has 1 aromatic rings. The number of nitrogens with one attached hydrogen (secondary N) is 1. The number of aryl methyl sites for hydroxylation is 1. The van der Waals surface area contributed by atoms with Crippen LogP contribution in [0.4, 0.5) is 0 Å². The summed E-state index contributed by atoms with van der Waals surface area (Å²) in [4.78, 5) is 11.8. The Kier molecular flexibility index (Phi) is 7.72. The third kappa shape index (κ3) is 8.13. The van der Waals surface area contributed by atoms with E-state index in [0.717, 1.165) is 17.5 Å². The monoisotopic (exact) mass is 340 g/mol. The van der Waals surface area contributed by atoms with E-state index in [1.165, 1.54) is 10.6 Å². The van der Waals surface area contributed by atoms with Gasteiger partial charge in [0.25, 0.3) is 0 Å². The van der Waals surface area contributed by atoms with Gasteiger partial charge in [0, 0.05) is 26.1 Å². The molecule has 0 aliphatic heterocycles. The lowest BCUT2D eigenvalue weighted by atomic mass is 10.1. The van der Waals surface area contributed by atoms with Crippen molar-refractivity contribution in [2.75, 3.05) is 19.3 Å². The Hall–Kier alpha value is -1.40. The van der Waals surface area contributed by atoms with E-state index in [0.29, 0.717) is 19.0 Å². The Bertz CT molecular complexity index is 612. The molecule has 1 rings (SSSR count). The first-order valence-electron chi connectivity index (χ1n) is 7.96. The average Bonchev–Trinajstić information content (AvgIpc) is 2.41. The van der Waals surface area contributed by atoms with Crippen molar-refractivity contribution < 1.29 is 13.2 Å². The molecule has 6 heteroatoms. The number of carbonyl (C=O) groups excluding carboxylic acids is 1. The maximum absolute atomic E-state index is 11.9. The number of amides is 1. The van der Waals surface area contributed by atoms with Crippen molar-refractivity contribution >= 4 is 15.9 Å². The smallest absolute Gasteiger partial charge is 0.221 e. The number of benzene rings is 1. The van der Waals surface area contributed by atoms with Crippen LogP contribution in [0.3, 0.4) is 0 Å². The van der Waals surface area contributed by atoms with Gasteiger partial charge in [-0.1, -0.05) is 43.7 Å². The highest BCUT2D eigenvalue weighted by molar-refractivity contribution is 7.88. The summed E-state index contributed by atoms with van der Waals surface area (Å²) in [5, 5.41) is 2.83. The summed E-state index contributed by atoms with van der Waals surface area (Å²) in [6, 6.07) is 7.73. The number of hydrogen-bond donors (Lipinski definition) is 1. The number of carbonyl (C=O) groups is 1. The maximum atomic E-state index is 11.9. The third-order valence-electron chi connectivity index (χ3n) is 3.54. The van der Waals surface area contributed by atoms with Crippen LogP contribution in [0.15, 0.2) is 24.3 Å². The fourth-order valence-corrected chi connectivity index (χ4v) is 3.00. The second kappa shape index (κ2) is 9.03. The van der Waals surface area contributed by atoms with E-state index in [1.54, 1.807) is 0 Å². The highest BCUT2D eigenvalue weighted by Crippen LogP contribution is 2.11.